The molecule has 0 bridgehead atoms. The van der Waals surface area contributed by atoms with Gasteiger partial charge in [0.2, 0.25) is 5.91 Å². The van der Waals surface area contributed by atoms with E-state index in [0.717, 1.165) is 50.1 Å². The van der Waals surface area contributed by atoms with Crippen molar-refractivity contribution in [2.24, 2.45) is 5.92 Å². The molecule has 2 aromatic rings. The minimum atomic E-state index is 0.313. The predicted octanol–water partition coefficient (Wildman–Crippen LogP) is 1.42. The van der Waals surface area contributed by atoms with Crippen LogP contribution in [0, 0.1) is 12.8 Å². The molecule has 126 valence electrons. The molecule has 0 spiro atoms. The Hall–Kier alpha value is -2.44. The van der Waals surface area contributed by atoms with Gasteiger partial charge in [-0.15, -0.1) is 0 Å². The van der Waals surface area contributed by atoms with Crippen molar-refractivity contribution in [2.75, 3.05) is 31.1 Å². The number of carbonyl (C=O) groups excluding carboxylic acids is 1. The van der Waals surface area contributed by atoms with Crippen LogP contribution in [0.1, 0.15) is 25.1 Å². The molecule has 2 fully saturated rings. The molecular formula is C17H22N6O. The lowest BCUT2D eigenvalue weighted by Crippen LogP contribution is -2.49. The number of hydrogen-bond acceptors (Lipinski definition) is 5. The van der Waals surface area contributed by atoms with E-state index < -0.39 is 0 Å². The normalized spacial score (nSPS) is 18.0. The van der Waals surface area contributed by atoms with Gasteiger partial charge in [0.15, 0.2) is 5.82 Å². The summed E-state index contributed by atoms with van der Waals surface area (Å²) in [6.45, 7) is 5.06. The minimum Gasteiger partial charge on any atom is -0.353 e. The number of carbonyl (C=O) groups is 1. The Kier molecular flexibility index (Phi) is 3.92. The van der Waals surface area contributed by atoms with Crippen LogP contribution >= 0.6 is 0 Å². The maximum absolute atomic E-state index is 12.2. The fourth-order valence-electron chi connectivity index (χ4n) is 3.10. The van der Waals surface area contributed by atoms with E-state index >= 15 is 0 Å². The van der Waals surface area contributed by atoms with Gasteiger partial charge in [0.05, 0.1) is 0 Å². The van der Waals surface area contributed by atoms with Crippen LogP contribution in [0.3, 0.4) is 0 Å². The molecule has 4 rings (SSSR count). The number of aryl methyl sites for hydroxylation is 1. The fourth-order valence-corrected chi connectivity index (χ4v) is 3.10. The Bertz CT molecular complexity index is 717. The molecule has 24 heavy (non-hydrogen) atoms. The van der Waals surface area contributed by atoms with Crippen LogP contribution < -0.4 is 4.90 Å². The van der Waals surface area contributed by atoms with Crippen molar-refractivity contribution in [2.45, 2.75) is 26.2 Å². The molecular weight excluding hydrogens is 304 g/mol. The van der Waals surface area contributed by atoms with E-state index in [1.807, 2.05) is 30.2 Å². The van der Waals surface area contributed by atoms with Gasteiger partial charge in [0, 0.05) is 51.1 Å². The summed E-state index contributed by atoms with van der Waals surface area (Å²) >= 11 is 0. The highest BCUT2D eigenvalue weighted by Gasteiger charge is 2.29. The number of piperazine rings is 1. The Morgan fingerprint density at radius 2 is 1.92 bits per heavy atom. The third-order valence-corrected chi connectivity index (χ3v) is 4.67. The van der Waals surface area contributed by atoms with Crippen molar-refractivity contribution in [3.8, 4) is 5.82 Å². The monoisotopic (exact) mass is 326 g/mol. The number of anilines is 1. The van der Waals surface area contributed by atoms with E-state index in [9.17, 15) is 4.79 Å². The second kappa shape index (κ2) is 6.22. The molecule has 3 heterocycles. The first-order valence-corrected chi connectivity index (χ1v) is 8.57. The zero-order valence-electron chi connectivity index (χ0n) is 13.9. The number of aromatic nitrogens is 4. The van der Waals surface area contributed by atoms with Gasteiger partial charge in [-0.05, 0) is 31.7 Å². The molecule has 0 aromatic carbocycles. The third-order valence-electron chi connectivity index (χ3n) is 4.67. The summed E-state index contributed by atoms with van der Waals surface area (Å²) in [7, 11) is 0. The van der Waals surface area contributed by atoms with Gasteiger partial charge in [0.25, 0.3) is 0 Å². The smallest absolute Gasteiger partial charge is 0.222 e. The van der Waals surface area contributed by atoms with Crippen molar-refractivity contribution in [3.05, 3.63) is 30.4 Å². The number of hydrogen-bond donors (Lipinski definition) is 0. The molecule has 7 heteroatoms. The lowest BCUT2D eigenvalue weighted by atomic mass is 10.2. The van der Waals surface area contributed by atoms with Crippen LogP contribution in [-0.4, -0.2) is 56.7 Å². The molecule has 1 saturated heterocycles. The molecule has 1 amide bonds. The molecule has 2 aliphatic rings. The molecule has 0 radical (unpaired) electrons. The van der Waals surface area contributed by atoms with Gasteiger partial charge >= 0.3 is 0 Å². The summed E-state index contributed by atoms with van der Waals surface area (Å²) in [6, 6.07) is 3.84. The first-order chi connectivity index (χ1) is 11.7. The van der Waals surface area contributed by atoms with Crippen molar-refractivity contribution >= 4 is 11.7 Å². The second-order valence-electron chi connectivity index (χ2n) is 6.60. The van der Waals surface area contributed by atoms with Crippen LogP contribution in [0.15, 0.2) is 24.5 Å². The van der Waals surface area contributed by atoms with E-state index in [0.29, 0.717) is 11.8 Å². The molecule has 1 aliphatic heterocycles. The zero-order valence-corrected chi connectivity index (χ0v) is 13.9. The van der Waals surface area contributed by atoms with E-state index in [4.69, 9.17) is 0 Å². The maximum atomic E-state index is 12.2. The third kappa shape index (κ3) is 3.25. The largest absolute Gasteiger partial charge is 0.353 e. The summed E-state index contributed by atoms with van der Waals surface area (Å²) in [5.41, 5.74) is 0. The summed E-state index contributed by atoms with van der Waals surface area (Å²) in [6.07, 6.45) is 6.79. The van der Waals surface area contributed by atoms with Gasteiger partial charge in [-0.1, -0.05) is 0 Å². The molecule has 0 atom stereocenters. The van der Waals surface area contributed by atoms with E-state index in [2.05, 4.69) is 20.0 Å². The van der Waals surface area contributed by atoms with E-state index in [-0.39, 0.29) is 0 Å². The van der Waals surface area contributed by atoms with Crippen LogP contribution in [0.25, 0.3) is 5.82 Å². The van der Waals surface area contributed by atoms with Crippen molar-refractivity contribution in [3.63, 3.8) is 0 Å². The maximum Gasteiger partial charge on any atom is 0.222 e. The average molecular weight is 326 g/mol. The van der Waals surface area contributed by atoms with Crippen LogP contribution in [0.2, 0.25) is 0 Å². The predicted molar refractivity (Wildman–Crippen MR) is 90.0 cm³/mol. The van der Waals surface area contributed by atoms with E-state index in [1.54, 1.807) is 10.9 Å². The Morgan fingerprint density at radius 1 is 1.17 bits per heavy atom. The topological polar surface area (TPSA) is 67.2 Å². The quantitative estimate of drug-likeness (QED) is 0.850. The van der Waals surface area contributed by atoms with Gasteiger partial charge in [-0.2, -0.15) is 5.10 Å². The zero-order chi connectivity index (χ0) is 16.5. The number of rotatable bonds is 4. The lowest BCUT2D eigenvalue weighted by molar-refractivity contribution is -0.131. The first kappa shape index (κ1) is 15.1. The highest BCUT2D eigenvalue weighted by atomic mass is 16.2. The van der Waals surface area contributed by atoms with Crippen molar-refractivity contribution in [1.82, 2.24) is 24.6 Å². The van der Waals surface area contributed by atoms with Gasteiger partial charge in [0.1, 0.15) is 11.6 Å². The molecule has 7 nitrogen and oxygen atoms in total. The standard InChI is InChI=1S/C17H22N6O/c1-13-19-15(12-16(20-13)23-6-2-5-18-23)21-7-9-22(10-8-21)17(24)11-14-3-4-14/h2,5-6,12,14H,3-4,7-11H2,1H3. The second-order valence-corrected chi connectivity index (χ2v) is 6.60. The van der Waals surface area contributed by atoms with Crippen LogP contribution in [0.5, 0.6) is 0 Å². The molecule has 1 saturated carbocycles. The van der Waals surface area contributed by atoms with Crippen LogP contribution in [-0.2, 0) is 4.79 Å². The summed E-state index contributed by atoms with van der Waals surface area (Å²) in [5, 5.41) is 4.24. The van der Waals surface area contributed by atoms with Gasteiger partial charge in [-0.25, -0.2) is 14.6 Å². The van der Waals surface area contributed by atoms with Gasteiger partial charge in [-0.3, -0.25) is 4.79 Å². The summed E-state index contributed by atoms with van der Waals surface area (Å²) in [4.78, 5) is 25.5. The number of nitrogens with zero attached hydrogens (tertiary/aromatic N) is 6. The molecule has 0 N–H and O–H groups in total. The Balaban J connectivity index is 1.44. The minimum absolute atomic E-state index is 0.313. The summed E-state index contributed by atoms with van der Waals surface area (Å²) < 4.78 is 1.74. The van der Waals surface area contributed by atoms with E-state index in [1.165, 1.54) is 12.8 Å². The molecule has 1 aliphatic carbocycles. The Morgan fingerprint density at radius 3 is 2.58 bits per heavy atom. The Labute approximate surface area is 141 Å². The summed E-state index contributed by atoms with van der Waals surface area (Å²) in [5.74, 6) is 3.37. The highest BCUT2D eigenvalue weighted by Crippen LogP contribution is 2.33. The molecule has 0 unspecified atom stereocenters. The van der Waals surface area contributed by atoms with Crippen molar-refractivity contribution < 1.29 is 4.79 Å². The SMILES string of the molecule is Cc1nc(N2CCN(C(=O)CC3CC3)CC2)cc(-n2cccn2)n1. The fraction of sp³-hybridized carbons (Fsp3) is 0.529. The average Bonchev–Trinajstić information content (AvgIpc) is 3.23. The first-order valence-electron chi connectivity index (χ1n) is 8.57. The number of amides is 1. The van der Waals surface area contributed by atoms with Crippen LogP contribution in [0.4, 0.5) is 5.82 Å². The van der Waals surface area contributed by atoms with Crippen molar-refractivity contribution in [1.29, 1.82) is 0 Å². The molecule has 2 aromatic heterocycles. The van der Waals surface area contributed by atoms with Gasteiger partial charge < -0.3 is 9.80 Å². The highest BCUT2D eigenvalue weighted by molar-refractivity contribution is 5.77. The lowest BCUT2D eigenvalue weighted by Gasteiger charge is -2.35.